The van der Waals surface area contributed by atoms with E-state index in [4.69, 9.17) is 11.5 Å². The summed E-state index contributed by atoms with van der Waals surface area (Å²) < 4.78 is 13.0. The molecule has 5 N–H and O–H groups in total. The zero-order valence-electron chi connectivity index (χ0n) is 13.8. The Morgan fingerprint density at radius 1 is 1.26 bits per heavy atom. The average Bonchev–Trinajstić information content (AvgIpc) is 2.50. The number of rotatable bonds is 5. The number of hydrogen-bond acceptors (Lipinski definition) is 4. The van der Waals surface area contributed by atoms with Gasteiger partial charge in [-0.15, -0.1) is 0 Å². The summed E-state index contributed by atoms with van der Waals surface area (Å²) in [7, 11) is 2.12. The van der Waals surface area contributed by atoms with Crippen LogP contribution in [-0.2, 0) is 6.42 Å². The van der Waals surface area contributed by atoms with Crippen LogP contribution in [0.1, 0.15) is 25.3 Å². The summed E-state index contributed by atoms with van der Waals surface area (Å²) in [6.45, 7) is 3.84. The molecule has 0 amide bonds. The van der Waals surface area contributed by atoms with Crippen molar-refractivity contribution >= 4 is 5.84 Å². The fraction of sp³-hybridized carbons (Fsp3) is 0.471. The number of nitrogens with one attached hydrogen (secondary N) is 1. The minimum Gasteiger partial charge on any atom is -0.399 e. The molecule has 0 aromatic heterocycles. The van der Waals surface area contributed by atoms with Crippen LogP contribution < -0.4 is 16.8 Å². The van der Waals surface area contributed by atoms with Crippen molar-refractivity contribution in [2.24, 2.45) is 16.5 Å². The van der Waals surface area contributed by atoms with Crippen molar-refractivity contribution in [3.05, 3.63) is 47.2 Å². The topological polar surface area (TPSA) is 79.7 Å². The van der Waals surface area contributed by atoms with Crippen molar-refractivity contribution in [1.82, 2.24) is 10.2 Å². The molecule has 23 heavy (non-hydrogen) atoms. The molecule has 6 heteroatoms. The first-order chi connectivity index (χ1) is 10.9. The van der Waals surface area contributed by atoms with Gasteiger partial charge < -0.3 is 21.7 Å². The summed E-state index contributed by atoms with van der Waals surface area (Å²) in [4.78, 5) is 6.66. The van der Waals surface area contributed by atoms with Crippen LogP contribution in [0.2, 0.25) is 0 Å². The Bertz CT molecular complexity index is 567. The predicted molar refractivity (Wildman–Crippen MR) is 92.3 cm³/mol. The molecule has 1 aliphatic rings. The smallest absolute Gasteiger partial charge is 0.147 e. The van der Waals surface area contributed by atoms with Crippen LogP contribution in [-0.4, -0.2) is 36.9 Å². The predicted octanol–water partition coefficient (Wildman–Crippen LogP) is 1.56. The molecule has 1 fully saturated rings. The van der Waals surface area contributed by atoms with Crippen molar-refractivity contribution in [2.45, 2.75) is 32.2 Å². The van der Waals surface area contributed by atoms with Gasteiger partial charge in [0.1, 0.15) is 11.6 Å². The first kappa shape index (κ1) is 17.3. The molecule has 0 atom stereocenters. The first-order valence-corrected chi connectivity index (χ1v) is 7.93. The number of aliphatic imine (C=N–C) groups is 1. The second-order valence-corrected chi connectivity index (χ2v) is 6.15. The minimum absolute atomic E-state index is 0.253. The molecule has 0 unspecified atom stereocenters. The molecule has 2 rings (SSSR count). The van der Waals surface area contributed by atoms with E-state index >= 15 is 0 Å². The van der Waals surface area contributed by atoms with Gasteiger partial charge in [-0.1, -0.05) is 12.1 Å². The maximum absolute atomic E-state index is 13.0. The Morgan fingerprint density at radius 2 is 1.87 bits per heavy atom. The SMILES string of the molecule is C/C(N)=N/C(NC1CCN(C)CC1)=C(\N)Cc1ccc(F)cc1. The molecule has 1 aromatic carbocycles. The zero-order valence-corrected chi connectivity index (χ0v) is 13.8. The van der Waals surface area contributed by atoms with Crippen LogP contribution in [0.25, 0.3) is 0 Å². The number of likely N-dealkylation sites (tertiary alicyclic amines) is 1. The molecular weight excluding hydrogens is 293 g/mol. The van der Waals surface area contributed by atoms with Gasteiger partial charge in [0.05, 0.1) is 11.5 Å². The molecule has 0 bridgehead atoms. The number of nitrogens with zero attached hydrogens (tertiary/aromatic N) is 2. The second-order valence-electron chi connectivity index (χ2n) is 6.15. The Hall–Kier alpha value is -2.08. The van der Waals surface area contributed by atoms with Crippen molar-refractivity contribution in [2.75, 3.05) is 20.1 Å². The summed E-state index contributed by atoms with van der Waals surface area (Å²) in [5, 5.41) is 3.43. The third-order valence-electron chi connectivity index (χ3n) is 3.96. The number of benzene rings is 1. The lowest BCUT2D eigenvalue weighted by Gasteiger charge is -2.30. The summed E-state index contributed by atoms with van der Waals surface area (Å²) in [6.07, 6.45) is 2.60. The van der Waals surface area contributed by atoms with E-state index in [1.165, 1.54) is 12.1 Å². The highest BCUT2D eigenvalue weighted by Crippen LogP contribution is 2.14. The van der Waals surface area contributed by atoms with Crippen LogP contribution in [0.5, 0.6) is 0 Å². The van der Waals surface area contributed by atoms with Gasteiger partial charge in [-0.25, -0.2) is 9.38 Å². The third kappa shape index (κ3) is 5.56. The minimum atomic E-state index is -0.253. The molecule has 5 nitrogen and oxygen atoms in total. The Morgan fingerprint density at radius 3 is 2.43 bits per heavy atom. The Balaban J connectivity index is 2.11. The number of piperidine rings is 1. The maximum Gasteiger partial charge on any atom is 0.147 e. The molecule has 1 aliphatic heterocycles. The van der Waals surface area contributed by atoms with E-state index in [1.807, 2.05) is 0 Å². The molecule has 1 saturated heterocycles. The van der Waals surface area contributed by atoms with Crippen LogP contribution in [0.3, 0.4) is 0 Å². The highest BCUT2D eigenvalue weighted by atomic mass is 19.1. The van der Waals surface area contributed by atoms with Crippen molar-refractivity contribution in [3.8, 4) is 0 Å². The lowest BCUT2D eigenvalue weighted by Crippen LogP contribution is -2.41. The maximum atomic E-state index is 13.0. The summed E-state index contributed by atoms with van der Waals surface area (Å²) >= 11 is 0. The van der Waals surface area contributed by atoms with Gasteiger partial charge in [-0.2, -0.15) is 0 Å². The standard InChI is InChI=1S/C17H26FN5/c1-12(19)21-17(22-15-7-9-23(2)10-8-15)16(20)11-13-3-5-14(18)6-4-13/h3-6,15,22H,7-11,20H2,1-2H3,(H2,19,21)/b17-16+. The van der Waals surface area contributed by atoms with E-state index in [-0.39, 0.29) is 5.82 Å². The average molecular weight is 319 g/mol. The Kier molecular flexibility index (Phi) is 5.98. The van der Waals surface area contributed by atoms with Gasteiger partial charge in [0, 0.05) is 12.5 Å². The summed E-state index contributed by atoms with van der Waals surface area (Å²) in [5.74, 6) is 0.836. The zero-order chi connectivity index (χ0) is 16.8. The second kappa shape index (κ2) is 7.97. The van der Waals surface area contributed by atoms with E-state index in [0.29, 0.717) is 29.8 Å². The Labute approximate surface area is 137 Å². The quantitative estimate of drug-likeness (QED) is 0.568. The van der Waals surface area contributed by atoms with Gasteiger partial charge in [0.25, 0.3) is 0 Å². The van der Waals surface area contributed by atoms with Crippen LogP contribution >= 0.6 is 0 Å². The fourth-order valence-electron chi connectivity index (χ4n) is 2.63. The first-order valence-electron chi connectivity index (χ1n) is 7.93. The van der Waals surface area contributed by atoms with E-state index in [0.717, 1.165) is 31.5 Å². The molecule has 1 aromatic rings. The molecule has 0 aliphatic carbocycles. The number of nitrogens with two attached hydrogens (primary N) is 2. The van der Waals surface area contributed by atoms with Gasteiger partial charge in [0.2, 0.25) is 0 Å². The van der Waals surface area contributed by atoms with Crippen molar-refractivity contribution < 1.29 is 4.39 Å². The summed E-state index contributed by atoms with van der Waals surface area (Å²) in [6, 6.07) is 6.67. The van der Waals surface area contributed by atoms with Gasteiger partial charge in [-0.3, -0.25) is 0 Å². The highest BCUT2D eigenvalue weighted by molar-refractivity contribution is 5.78. The molecule has 0 radical (unpaired) electrons. The third-order valence-corrected chi connectivity index (χ3v) is 3.96. The van der Waals surface area contributed by atoms with Crippen molar-refractivity contribution in [3.63, 3.8) is 0 Å². The number of allylic oxidation sites excluding steroid dienone is 1. The van der Waals surface area contributed by atoms with Crippen LogP contribution in [0, 0.1) is 5.82 Å². The largest absolute Gasteiger partial charge is 0.399 e. The number of halogens is 1. The molecular formula is C17H26FN5. The van der Waals surface area contributed by atoms with Gasteiger partial charge >= 0.3 is 0 Å². The van der Waals surface area contributed by atoms with Crippen LogP contribution in [0.15, 0.2) is 40.8 Å². The molecule has 126 valence electrons. The van der Waals surface area contributed by atoms with E-state index in [2.05, 4.69) is 22.3 Å². The number of hydrogen-bond donors (Lipinski definition) is 3. The van der Waals surface area contributed by atoms with E-state index in [1.54, 1.807) is 19.1 Å². The summed E-state index contributed by atoms with van der Waals surface area (Å²) in [5.41, 5.74) is 13.5. The fourth-order valence-corrected chi connectivity index (χ4v) is 2.63. The van der Waals surface area contributed by atoms with E-state index in [9.17, 15) is 4.39 Å². The molecule has 0 saturated carbocycles. The van der Waals surface area contributed by atoms with E-state index < -0.39 is 0 Å². The number of amidine groups is 1. The lowest BCUT2D eigenvalue weighted by molar-refractivity contribution is 0.241. The van der Waals surface area contributed by atoms with Gasteiger partial charge in [-0.05, 0) is 57.6 Å². The lowest BCUT2D eigenvalue weighted by atomic mass is 10.1. The monoisotopic (exact) mass is 319 g/mol. The molecule has 1 heterocycles. The highest BCUT2D eigenvalue weighted by Gasteiger charge is 2.18. The van der Waals surface area contributed by atoms with Gasteiger partial charge in [0.15, 0.2) is 0 Å². The normalized spacial score (nSPS) is 18.7. The van der Waals surface area contributed by atoms with Crippen molar-refractivity contribution in [1.29, 1.82) is 0 Å². The van der Waals surface area contributed by atoms with Crippen LogP contribution in [0.4, 0.5) is 4.39 Å². The molecule has 0 spiro atoms.